The van der Waals surface area contributed by atoms with Crippen LogP contribution in [0.5, 0.6) is 0 Å². The first-order chi connectivity index (χ1) is 20.8. The van der Waals surface area contributed by atoms with Gasteiger partial charge in [-0.15, -0.1) is 0 Å². The van der Waals surface area contributed by atoms with Crippen LogP contribution in [0.15, 0.2) is 97.4 Å². The molecular weight excluding hydrogens is 544 g/mol. The van der Waals surface area contributed by atoms with Crippen LogP contribution in [0.2, 0.25) is 0 Å². The van der Waals surface area contributed by atoms with Crippen LogP contribution in [0.25, 0.3) is 0 Å². The van der Waals surface area contributed by atoms with Crippen molar-refractivity contribution in [2.45, 2.75) is 104 Å². The summed E-state index contributed by atoms with van der Waals surface area (Å²) in [4.78, 5) is 24.6. The molecule has 0 aromatic rings. The Labute approximate surface area is 268 Å². The predicted octanol–water partition coefficient (Wildman–Crippen LogP) is 9.76. The first kappa shape index (κ1) is 37.2. The lowest BCUT2D eigenvalue weighted by Crippen LogP contribution is -2.15. The summed E-state index contributed by atoms with van der Waals surface area (Å²) in [7, 11) is 0. The fourth-order valence-electron chi connectivity index (χ4n) is 6.61. The van der Waals surface area contributed by atoms with Crippen molar-refractivity contribution >= 4 is 11.6 Å². The molecular formula is C40H58O4. The van der Waals surface area contributed by atoms with Crippen LogP contribution in [0, 0.1) is 29.6 Å². The van der Waals surface area contributed by atoms with Crippen LogP contribution in [-0.2, 0) is 14.3 Å². The molecule has 6 unspecified atom stereocenters. The molecule has 0 radical (unpaired) electrons. The van der Waals surface area contributed by atoms with E-state index in [1.54, 1.807) is 13.0 Å². The maximum Gasteiger partial charge on any atom is 0.157 e. The molecule has 2 saturated carbocycles. The van der Waals surface area contributed by atoms with Gasteiger partial charge in [-0.3, -0.25) is 9.59 Å². The molecule has 0 amide bonds. The normalized spacial score (nSPS) is 22.5. The average molecular weight is 603 g/mol. The fraction of sp³-hybridized carbons (Fsp3) is 0.550. The van der Waals surface area contributed by atoms with Crippen LogP contribution in [0.1, 0.15) is 97.8 Å². The van der Waals surface area contributed by atoms with Gasteiger partial charge in [0.25, 0.3) is 0 Å². The number of hydrogen-bond acceptors (Lipinski definition) is 4. The molecule has 0 aliphatic heterocycles. The van der Waals surface area contributed by atoms with Crippen molar-refractivity contribution in [1.29, 1.82) is 0 Å². The largest absolute Gasteiger partial charge is 0.491 e. The predicted molar refractivity (Wildman–Crippen MR) is 185 cm³/mol. The molecule has 0 saturated heterocycles. The summed E-state index contributed by atoms with van der Waals surface area (Å²) >= 11 is 0. The zero-order valence-corrected chi connectivity index (χ0v) is 27.9. The molecule has 2 rings (SSSR count). The fourth-order valence-corrected chi connectivity index (χ4v) is 6.61. The molecule has 0 spiro atoms. The highest BCUT2D eigenvalue weighted by atomic mass is 16.5. The highest BCUT2D eigenvalue weighted by Crippen LogP contribution is 2.53. The maximum atomic E-state index is 12.8. The number of hydrogen-bond donors (Lipinski definition) is 1. The van der Waals surface area contributed by atoms with E-state index in [0.29, 0.717) is 66.6 Å². The molecule has 2 aliphatic rings. The Morgan fingerprint density at radius 1 is 0.727 bits per heavy atom. The number of aliphatic hydroxyl groups is 1. The number of carbonyl (C=O) groups is 2. The van der Waals surface area contributed by atoms with Gasteiger partial charge in [0, 0.05) is 12.8 Å². The summed E-state index contributed by atoms with van der Waals surface area (Å²) in [6.07, 6.45) is 18.0. The zero-order chi connectivity index (χ0) is 32.8. The van der Waals surface area contributed by atoms with Gasteiger partial charge in [0.1, 0.15) is 12.4 Å². The van der Waals surface area contributed by atoms with Crippen LogP contribution >= 0.6 is 0 Å². The third-order valence-corrected chi connectivity index (χ3v) is 9.57. The standard InChI is InChI=1S/C40H58O4/c1-27(2)33(9)44-26-37(42)20-15-30(6)12-13-32(8)24-34-17-21-39-35(18-22-38(34)39)25-36(41)19-14-29(5)10-11-31(7)16-23-40(43)28(3)4/h12-14,19,31,34-35,37-39,42H,1,3,5-6,8-11,15-18,20-26H2,2,4,7H3/b13-12-,19-14-. The summed E-state index contributed by atoms with van der Waals surface area (Å²) < 4.78 is 5.45. The summed E-state index contributed by atoms with van der Waals surface area (Å²) in [5, 5.41) is 10.2. The van der Waals surface area contributed by atoms with E-state index < -0.39 is 6.10 Å². The van der Waals surface area contributed by atoms with E-state index in [-0.39, 0.29) is 18.2 Å². The van der Waals surface area contributed by atoms with Crippen molar-refractivity contribution in [3.8, 4) is 0 Å². The molecule has 4 heteroatoms. The topological polar surface area (TPSA) is 63.6 Å². The Balaban J connectivity index is 1.69. The minimum Gasteiger partial charge on any atom is -0.491 e. The van der Waals surface area contributed by atoms with E-state index in [0.717, 1.165) is 54.4 Å². The SMILES string of the molecule is C=C(/C=C\C(=O)CC1CCC2C(CC(=C)/C=C\C(=C)CCC(O)COC(=C)C(=C)C)CCC12)CCC(C)CCC(=O)C(=C)C. The van der Waals surface area contributed by atoms with Crippen molar-refractivity contribution in [2.75, 3.05) is 6.61 Å². The minimum atomic E-state index is -0.573. The summed E-state index contributed by atoms with van der Waals surface area (Å²) in [6, 6.07) is 0. The molecule has 0 aromatic heterocycles. The number of allylic oxidation sites excluding steroid dienone is 9. The van der Waals surface area contributed by atoms with Crippen molar-refractivity contribution in [1.82, 2.24) is 0 Å². The maximum absolute atomic E-state index is 12.8. The Bertz CT molecular complexity index is 1060. The Morgan fingerprint density at radius 3 is 1.84 bits per heavy atom. The van der Waals surface area contributed by atoms with E-state index in [9.17, 15) is 14.7 Å². The summed E-state index contributed by atoms with van der Waals surface area (Å²) in [5.41, 5.74) is 4.45. The van der Waals surface area contributed by atoms with Gasteiger partial charge in [-0.05, 0) is 125 Å². The van der Waals surface area contributed by atoms with Crippen molar-refractivity contribution in [3.05, 3.63) is 97.4 Å². The smallest absolute Gasteiger partial charge is 0.157 e. The average Bonchev–Trinajstić information content (AvgIpc) is 3.56. The van der Waals surface area contributed by atoms with Crippen molar-refractivity contribution in [2.24, 2.45) is 29.6 Å². The zero-order valence-electron chi connectivity index (χ0n) is 27.9. The van der Waals surface area contributed by atoms with E-state index >= 15 is 0 Å². The van der Waals surface area contributed by atoms with Gasteiger partial charge in [0.05, 0.1) is 6.10 Å². The van der Waals surface area contributed by atoms with Crippen LogP contribution in [0.4, 0.5) is 0 Å². The lowest BCUT2D eigenvalue weighted by atomic mass is 9.84. The molecule has 44 heavy (non-hydrogen) atoms. The van der Waals surface area contributed by atoms with Gasteiger partial charge in [0.15, 0.2) is 11.6 Å². The number of Topliss-reactive ketones (excluding diaryl/α,β-unsaturated/α-hetero) is 1. The number of aliphatic hydroxyl groups excluding tert-OH is 1. The highest BCUT2D eigenvalue weighted by Gasteiger charge is 2.44. The number of ketones is 2. The molecule has 1 N–H and O–H groups in total. The summed E-state index contributed by atoms with van der Waals surface area (Å²) in [5.74, 6) is 3.74. The number of ether oxygens (including phenoxy) is 1. The first-order valence-corrected chi connectivity index (χ1v) is 16.5. The number of rotatable bonds is 22. The Morgan fingerprint density at radius 2 is 1.25 bits per heavy atom. The molecule has 242 valence electrons. The Kier molecular flexibility index (Phi) is 15.8. The van der Waals surface area contributed by atoms with Gasteiger partial charge < -0.3 is 9.84 Å². The third-order valence-electron chi connectivity index (χ3n) is 9.57. The molecule has 0 heterocycles. The molecule has 2 fully saturated rings. The second-order valence-corrected chi connectivity index (χ2v) is 13.6. The van der Waals surface area contributed by atoms with Crippen LogP contribution in [-0.4, -0.2) is 29.4 Å². The third kappa shape index (κ3) is 13.3. The second-order valence-electron chi connectivity index (χ2n) is 13.6. The van der Waals surface area contributed by atoms with E-state index in [2.05, 4.69) is 52.5 Å². The van der Waals surface area contributed by atoms with Gasteiger partial charge in [-0.1, -0.05) is 81.3 Å². The number of carbonyl (C=O) groups excluding carboxylic acids is 2. The summed E-state index contributed by atoms with van der Waals surface area (Å²) in [6.45, 7) is 29.9. The van der Waals surface area contributed by atoms with E-state index in [1.807, 2.05) is 19.1 Å². The van der Waals surface area contributed by atoms with E-state index in [1.165, 1.54) is 19.3 Å². The monoisotopic (exact) mass is 602 g/mol. The lowest BCUT2D eigenvalue weighted by molar-refractivity contribution is -0.116. The van der Waals surface area contributed by atoms with Gasteiger partial charge in [-0.25, -0.2) is 0 Å². The molecule has 0 bridgehead atoms. The van der Waals surface area contributed by atoms with Gasteiger partial charge in [-0.2, -0.15) is 0 Å². The van der Waals surface area contributed by atoms with Gasteiger partial charge >= 0.3 is 0 Å². The molecule has 0 aromatic carbocycles. The van der Waals surface area contributed by atoms with Crippen LogP contribution in [0.3, 0.4) is 0 Å². The minimum absolute atomic E-state index is 0.144. The number of fused-ring (bicyclic) bond motifs is 1. The van der Waals surface area contributed by atoms with Crippen molar-refractivity contribution < 1.29 is 19.4 Å². The van der Waals surface area contributed by atoms with Crippen LogP contribution < -0.4 is 0 Å². The van der Waals surface area contributed by atoms with E-state index in [4.69, 9.17) is 4.74 Å². The Hall–Kier alpha value is -2.98. The van der Waals surface area contributed by atoms with Crippen molar-refractivity contribution in [3.63, 3.8) is 0 Å². The highest BCUT2D eigenvalue weighted by molar-refractivity contribution is 5.94. The molecule has 2 aliphatic carbocycles. The quantitative estimate of drug-likeness (QED) is 0.0761. The lowest BCUT2D eigenvalue weighted by Gasteiger charge is -2.20. The molecule has 4 nitrogen and oxygen atoms in total. The second kappa shape index (κ2) is 18.7. The van der Waals surface area contributed by atoms with Gasteiger partial charge in [0.2, 0.25) is 0 Å². The molecule has 6 atom stereocenters. The first-order valence-electron chi connectivity index (χ1n) is 16.5.